The van der Waals surface area contributed by atoms with Crippen LogP contribution in [0.5, 0.6) is 0 Å². The molecule has 8 heteroatoms. The molecular formula is C31H28F5NO2. The molecule has 204 valence electrons. The van der Waals surface area contributed by atoms with E-state index in [0.29, 0.717) is 31.2 Å². The molecule has 3 nitrogen and oxygen atoms in total. The number of allylic oxidation sites excluding steroid dienone is 6. The first-order valence-electron chi connectivity index (χ1n) is 13.1. The van der Waals surface area contributed by atoms with Gasteiger partial charge in [0.05, 0.1) is 6.07 Å². The van der Waals surface area contributed by atoms with Crippen LogP contribution in [0.15, 0.2) is 59.2 Å². The number of nitrogens with zero attached hydrogens (tertiary/aromatic N) is 1. The number of hydrogen-bond donors (Lipinski definition) is 1. The summed E-state index contributed by atoms with van der Waals surface area (Å²) < 4.78 is 71.1. The highest BCUT2D eigenvalue weighted by molar-refractivity contribution is 5.93. The van der Waals surface area contributed by atoms with Crippen LogP contribution in [0.4, 0.5) is 22.0 Å². The van der Waals surface area contributed by atoms with Crippen molar-refractivity contribution in [1.82, 2.24) is 0 Å². The third-order valence-corrected chi connectivity index (χ3v) is 9.53. The Morgan fingerprint density at radius 2 is 1.77 bits per heavy atom. The van der Waals surface area contributed by atoms with Crippen LogP contribution in [-0.4, -0.2) is 28.6 Å². The monoisotopic (exact) mass is 541 g/mol. The molecule has 2 fully saturated rings. The standard InChI is InChI=1S/C31H28F5NO2/c1-28-18-25(20-8-6-19(7-9-20)5-3-2-4-16-37)27-23-13-11-22(38)17-21(23)10-12-24(27)26(28)14-15-29(28,39)30(32,33)31(34,35)36/h2,4,6-9,17,24-26,39H,10-15,18H2,1H3/t24-,25+,26-,28-,29-/m0/s1. The van der Waals surface area contributed by atoms with Gasteiger partial charge < -0.3 is 5.11 Å². The van der Waals surface area contributed by atoms with Crippen molar-refractivity contribution in [3.63, 3.8) is 0 Å². The van der Waals surface area contributed by atoms with Gasteiger partial charge in [0.1, 0.15) is 5.60 Å². The lowest BCUT2D eigenvalue weighted by Crippen LogP contribution is -2.65. The second kappa shape index (κ2) is 9.45. The van der Waals surface area contributed by atoms with Crippen molar-refractivity contribution in [2.75, 3.05) is 0 Å². The fraction of sp³-hybridized carbons (Fsp3) is 0.484. The van der Waals surface area contributed by atoms with E-state index < -0.39 is 41.4 Å². The Bertz CT molecular complexity index is 1380. The van der Waals surface area contributed by atoms with E-state index >= 15 is 8.78 Å². The summed E-state index contributed by atoms with van der Waals surface area (Å²) in [6, 6.07) is 8.97. The highest BCUT2D eigenvalue weighted by Gasteiger charge is 2.79. The molecule has 4 aliphatic rings. The lowest BCUT2D eigenvalue weighted by molar-refractivity contribution is -0.362. The summed E-state index contributed by atoms with van der Waals surface area (Å²) in [5, 5.41) is 19.9. The lowest BCUT2D eigenvalue weighted by atomic mass is 9.50. The number of halogens is 5. The minimum absolute atomic E-state index is 0.0402. The van der Waals surface area contributed by atoms with Gasteiger partial charge in [0.15, 0.2) is 5.78 Å². The summed E-state index contributed by atoms with van der Waals surface area (Å²) in [6.45, 7) is 1.41. The van der Waals surface area contributed by atoms with Crippen molar-refractivity contribution >= 4 is 5.78 Å². The van der Waals surface area contributed by atoms with Crippen LogP contribution in [0.3, 0.4) is 0 Å². The normalized spacial score (nSPS) is 32.5. The number of alkyl halides is 5. The molecule has 39 heavy (non-hydrogen) atoms. The quantitative estimate of drug-likeness (QED) is 0.251. The number of nitriles is 1. The van der Waals surface area contributed by atoms with E-state index in [9.17, 15) is 23.1 Å². The molecule has 0 heterocycles. The Kier molecular flexibility index (Phi) is 6.63. The summed E-state index contributed by atoms with van der Waals surface area (Å²) in [4.78, 5) is 12.2. The summed E-state index contributed by atoms with van der Waals surface area (Å²) in [7, 11) is 0. The van der Waals surface area contributed by atoms with Crippen LogP contribution in [0, 0.1) is 40.4 Å². The van der Waals surface area contributed by atoms with Crippen LogP contribution < -0.4 is 0 Å². The highest BCUT2D eigenvalue weighted by Crippen LogP contribution is 2.70. The van der Waals surface area contributed by atoms with Gasteiger partial charge in [-0.1, -0.05) is 36.5 Å². The average Bonchev–Trinajstić information content (AvgIpc) is 3.17. The fourth-order valence-electron chi connectivity index (χ4n) is 7.72. The van der Waals surface area contributed by atoms with E-state index in [1.165, 1.54) is 19.1 Å². The number of hydrogen-bond acceptors (Lipinski definition) is 3. The molecule has 1 aromatic carbocycles. The zero-order chi connectivity index (χ0) is 28.2. The molecule has 5 rings (SSSR count). The maximum absolute atomic E-state index is 15.1. The first-order chi connectivity index (χ1) is 18.3. The molecule has 0 unspecified atom stereocenters. The van der Waals surface area contributed by atoms with Crippen molar-refractivity contribution in [2.45, 2.75) is 75.5 Å². The molecule has 0 spiro atoms. The van der Waals surface area contributed by atoms with Crippen LogP contribution in [0.2, 0.25) is 0 Å². The Morgan fingerprint density at radius 1 is 1.05 bits per heavy atom. The van der Waals surface area contributed by atoms with E-state index in [1.807, 2.05) is 6.07 Å². The zero-order valence-electron chi connectivity index (χ0n) is 21.4. The van der Waals surface area contributed by atoms with Crippen molar-refractivity contribution in [3.05, 3.63) is 70.3 Å². The number of carbonyl (C=O) groups excluding carboxylic acids is 1. The number of rotatable bonds is 2. The average molecular weight is 542 g/mol. The predicted octanol–water partition coefficient (Wildman–Crippen LogP) is 6.95. The largest absolute Gasteiger partial charge is 0.456 e. The Balaban J connectivity index is 1.63. The lowest BCUT2D eigenvalue weighted by Gasteiger charge is -2.56. The molecule has 4 aliphatic carbocycles. The molecule has 0 saturated heterocycles. The third kappa shape index (κ3) is 4.16. The third-order valence-electron chi connectivity index (χ3n) is 9.53. The summed E-state index contributed by atoms with van der Waals surface area (Å²) in [5.41, 5.74) is -0.510. The molecule has 0 radical (unpaired) electrons. The second-order valence-electron chi connectivity index (χ2n) is 11.3. The number of fused-ring (bicyclic) bond motifs is 4. The molecule has 0 bridgehead atoms. The fourth-order valence-corrected chi connectivity index (χ4v) is 7.72. The Morgan fingerprint density at radius 3 is 2.44 bits per heavy atom. The van der Waals surface area contributed by atoms with Crippen molar-refractivity contribution in [1.29, 1.82) is 5.26 Å². The SMILES string of the molecule is C[C@]12C[C@H](c3ccc(C#CC=CC#N)cc3)C3=C4CCC(=O)C=C4CC[C@H]3[C@@H]1CC[C@@]2(O)C(F)(F)C(F)(F)F. The van der Waals surface area contributed by atoms with Gasteiger partial charge in [-0.25, -0.2) is 0 Å². The Labute approximate surface area is 224 Å². The summed E-state index contributed by atoms with van der Waals surface area (Å²) in [6.07, 6.45) is -0.209. The van der Waals surface area contributed by atoms with Crippen LogP contribution >= 0.6 is 0 Å². The smallest absolute Gasteiger partial charge is 0.383 e. The minimum Gasteiger partial charge on any atom is -0.383 e. The molecule has 0 aromatic heterocycles. The van der Waals surface area contributed by atoms with Crippen molar-refractivity contribution in [3.8, 4) is 17.9 Å². The van der Waals surface area contributed by atoms with Gasteiger partial charge in [0, 0.05) is 29.4 Å². The van der Waals surface area contributed by atoms with Gasteiger partial charge in [-0.3, -0.25) is 4.79 Å². The maximum atomic E-state index is 15.1. The first-order valence-corrected chi connectivity index (χ1v) is 13.1. The van der Waals surface area contributed by atoms with E-state index in [0.717, 1.165) is 22.3 Å². The van der Waals surface area contributed by atoms with Gasteiger partial charge in [-0.15, -0.1) is 0 Å². The zero-order valence-corrected chi connectivity index (χ0v) is 21.4. The number of benzene rings is 1. The van der Waals surface area contributed by atoms with Gasteiger partial charge in [0.2, 0.25) is 0 Å². The van der Waals surface area contributed by atoms with Crippen molar-refractivity contribution < 1.29 is 31.9 Å². The topological polar surface area (TPSA) is 61.1 Å². The molecule has 1 aromatic rings. The van der Waals surface area contributed by atoms with Gasteiger partial charge >= 0.3 is 12.1 Å². The van der Waals surface area contributed by atoms with E-state index in [1.54, 1.807) is 30.3 Å². The van der Waals surface area contributed by atoms with Crippen LogP contribution in [-0.2, 0) is 4.79 Å². The van der Waals surface area contributed by atoms with Crippen molar-refractivity contribution in [2.24, 2.45) is 17.3 Å². The van der Waals surface area contributed by atoms with E-state index in [4.69, 9.17) is 5.26 Å². The van der Waals surface area contributed by atoms with Gasteiger partial charge in [0.25, 0.3) is 0 Å². The maximum Gasteiger partial charge on any atom is 0.456 e. The van der Waals surface area contributed by atoms with Crippen LogP contribution in [0.1, 0.15) is 68.9 Å². The van der Waals surface area contributed by atoms with Gasteiger partial charge in [-0.05, 0) is 91.4 Å². The number of ketones is 1. The van der Waals surface area contributed by atoms with Gasteiger partial charge in [-0.2, -0.15) is 27.2 Å². The Hall–Kier alpha value is -3.23. The second-order valence-corrected chi connectivity index (χ2v) is 11.3. The summed E-state index contributed by atoms with van der Waals surface area (Å²) in [5.74, 6) is -0.863. The van der Waals surface area contributed by atoms with E-state index in [-0.39, 0.29) is 24.5 Å². The van der Waals surface area contributed by atoms with E-state index in [2.05, 4.69) is 11.8 Å². The predicted molar refractivity (Wildman–Crippen MR) is 134 cm³/mol. The number of carbonyl (C=O) groups is 1. The number of aliphatic hydroxyl groups is 1. The molecule has 0 aliphatic heterocycles. The molecular weight excluding hydrogens is 513 g/mol. The van der Waals surface area contributed by atoms with Crippen LogP contribution in [0.25, 0.3) is 0 Å². The first kappa shape index (κ1) is 27.3. The minimum atomic E-state index is -5.87. The summed E-state index contributed by atoms with van der Waals surface area (Å²) >= 11 is 0. The molecule has 5 atom stereocenters. The molecule has 2 saturated carbocycles. The highest BCUT2D eigenvalue weighted by atomic mass is 19.4. The molecule has 1 N–H and O–H groups in total. The molecule has 0 amide bonds.